The average molecular weight is 247 g/mol. The maximum absolute atomic E-state index is 11.7. The second-order valence-electron chi connectivity index (χ2n) is 4.66. The van der Waals surface area contributed by atoms with E-state index in [9.17, 15) is 9.59 Å². The van der Waals surface area contributed by atoms with E-state index in [1.165, 1.54) is 0 Å². The number of hydrogen-bond acceptors (Lipinski definition) is 3. The molecular formula is C14H17NO3. The molecule has 4 heteroatoms. The summed E-state index contributed by atoms with van der Waals surface area (Å²) in [7, 11) is 1.75. The number of aryl methyl sites for hydroxylation is 1. The Hall–Kier alpha value is -1.84. The number of carbonyl (C=O) groups excluding carboxylic acids is 2. The number of fused-ring (bicyclic) bond motifs is 1. The van der Waals surface area contributed by atoms with Crippen LogP contribution in [0.15, 0.2) is 18.2 Å². The lowest BCUT2D eigenvalue weighted by Gasteiger charge is -2.30. The molecule has 0 N–H and O–H groups in total. The first kappa shape index (κ1) is 12.6. The number of benzene rings is 1. The molecule has 1 atom stereocenters. The molecule has 1 aliphatic rings. The van der Waals surface area contributed by atoms with E-state index in [-0.39, 0.29) is 11.7 Å². The summed E-state index contributed by atoms with van der Waals surface area (Å²) in [5, 5.41) is 0. The van der Waals surface area contributed by atoms with Crippen molar-refractivity contribution < 1.29 is 14.3 Å². The summed E-state index contributed by atoms with van der Waals surface area (Å²) in [4.78, 5) is 24.3. The minimum atomic E-state index is -0.453. The second-order valence-corrected chi connectivity index (χ2v) is 4.66. The molecule has 0 radical (unpaired) electrons. The molecule has 96 valence electrons. The number of amides is 1. The van der Waals surface area contributed by atoms with E-state index in [1.807, 2.05) is 18.2 Å². The number of ketones is 1. The quantitative estimate of drug-likeness (QED) is 0.820. The molecule has 0 spiro atoms. The van der Waals surface area contributed by atoms with Crippen LogP contribution in [-0.4, -0.2) is 24.8 Å². The number of likely N-dealkylation sites (N-methyl/N-ethyl adjacent to an activating group) is 1. The average Bonchev–Trinajstić information content (AvgIpc) is 2.33. The zero-order valence-corrected chi connectivity index (χ0v) is 10.9. The molecule has 0 saturated carbocycles. The van der Waals surface area contributed by atoms with E-state index in [4.69, 9.17) is 4.74 Å². The Balaban J connectivity index is 2.24. The topological polar surface area (TPSA) is 46.6 Å². The van der Waals surface area contributed by atoms with Crippen molar-refractivity contribution in [1.29, 1.82) is 0 Å². The Morgan fingerprint density at radius 2 is 2.17 bits per heavy atom. The Morgan fingerprint density at radius 3 is 2.83 bits per heavy atom. The van der Waals surface area contributed by atoms with Crippen molar-refractivity contribution in [2.24, 2.45) is 0 Å². The van der Waals surface area contributed by atoms with Crippen LogP contribution in [0.4, 0.5) is 5.69 Å². The van der Waals surface area contributed by atoms with E-state index in [0.717, 1.165) is 11.3 Å². The van der Waals surface area contributed by atoms with E-state index in [1.54, 1.807) is 25.8 Å². The van der Waals surface area contributed by atoms with Gasteiger partial charge >= 0.3 is 0 Å². The summed E-state index contributed by atoms with van der Waals surface area (Å²) in [6.45, 7) is 3.33. The van der Waals surface area contributed by atoms with Crippen molar-refractivity contribution >= 4 is 17.4 Å². The summed E-state index contributed by atoms with van der Waals surface area (Å²) in [6.07, 6.45) is 0.784. The van der Waals surface area contributed by atoms with Crippen LogP contribution in [0.1, 0.15) is 25.8 Å². The van der Waals surface area contributed by atoms with Crippen molar-refractivity contribution in [2.75, 3.05) is 11.9 Å². The zero-order chi connectivity index (χ0) is 13.3. The van der Waals surface area contributed by atoms with E-state index >= 15 is 0 Å². The van der Waals surface area contributed by atoms with Crippen LogP contribution < -0.4 is 9.64 Å². The molecule has 0 fully saturated rings. The third kappa shape index (κ3) is 2.37. The number of carbonyl (C=O) groups is 2. The van der Waals surface area contributed by atoms with Gasteiger partial charge in [0.2, 0.25) is 0 Å². The van der Waals surface area contributed by atoms with Crippen LogP contribution in [0.5, 0.6) is 5.75 Å². The van der Waals surface area contributed by atoms with Gasteiger partial charge in [0.15, 0.2) is 6.10 Å². The molecule has 4 nitrogen and oxygen atoms in total. The minimum absolute atomic E-state index is 0.0426. The molecule has 0 saturated heterocycles. The molecule has 1 unspecified atom stereocenters. The predicted molar refractivity (Wildman–Crippen MR) is 68.9 cm³/mol. The van der Waals surface area contributed by atoms with E-state index in [2.05, 4.69) is 0 Å². The maximum Gasteiger partial charge on any atom is 0.267 e. The highest BCUT2D eigenvalue weighted by Gasteiger charge is 2.28. The summed E-state index contributed by atoms with van der Waals surface area (Å²) in [5.74, 6) is 0.846. The molecule has 1 aliphatic heterocycles. The van der Waals surface area contributed by atoms with Gasteiger partial charge < -0.3 is 14.4 Å². The Kier molecular flexibility index (Phi) is 3.36. The van der Waals surface area contributed by atoms with Crippen molar-refractivity contribution in [3.8, 4) is 5.75 Å². The lowest BCUT2D eigenvalue weighted by Crippen LogP contribution is -2.41. The fourth-order valence-corrected chi connectivity index (χ4v) is 2.04. The van der Waals surface area contributed by atoms with E-state index in [0.29, 0.717) is 18.6 Å². The largest absolute Gasteiger partial charge is 0.479 e. The Bertz CT molecular complexity index is 496. The third-order valence-electron chi connectivity index (χ3n) is 3.13. The molecule has 0 bridgehead atoms. The van der Waals surface area contributed by atoms with Crippen LogP contribution >= 0.6 is 0 Å². The molecule has 1 heterocycles. The van der Waals surface area contributed by atoms with Gasteiger partial charge in [-0.2, -0.15) is 0 Å². The molecule has 0 aliphatic carbocycles. The highest BCUT2D eigenvalue weighted by molar-refractivity contribution is 5.99. The molecular weight excluding hydrogens is 230 g/mol. The van der Waals surface area contributed by atoms with Crippen molar-refractivity contribution in [3.05, 3.63) is 23.8 Å². The van der Waals surface area contributed by atoms with Gasteiger partial charge in [0, 0.05) is 13.5 Å². The fourth-order valence-electron chi connectivity index (χ4n) is 2.04. The Morgan fingerprint density at radius 1 is 1.44 bits per heavy atom. The molecule has 1 aromatic rings. The van der Waals surface area contributed by atoms with Gasteiger partial charge in [-0.15, -0.1) is 0 Å². The summed E-state index contributed by atoms with van der Waals surface area (Å²) < 4.78 is 5.59. The third-order valence-corrected chi connectivity index (χ3v) is 3.13. The number of ether oxygens (including phenoxy) is 1. The number of nitrogens with zero attached hydrogens (tertiary/aromatic N) is 1. The van der Waals surface area contributed by atoms with Gasteiger partial charge in [-0.25, -0.2) is 0 Å². The molecule has 1 amide bonds. The van der Waals surface area contributed by atoms with Gasteiger partial charge in [-0.1, -0.05) is 6.07 Å². The monoisotopic (exact) mass is 247 g/mol. The summed E-state index contributed by atoms with van der Waals surface area (Å²) >= 11 is 0. The van der Waals surface area contributed by atoms with Crippen molar-refractivity contribution in [3.63, 3.8) is 0 Å². The number of Topliss-reactive ketones (excluding diaryl/α,β-unsaturated/α-hetero) is 1. The minimum Gasteiger partial charge on any atom is -0.479 e. The number of hydrogen-bond donors (Lipinski definition) is 0. The fraction of sp³-hybridized carbons (Fsp3) is 0.429. The zero-order valence-electron chi connectivity index (χ0n) is 10.9. The summed E-state index contributed by atoms with van der Waals surface area (Å²) in [6, 6.07) is 5.72. The van der Waals surface area contributed by atoms with Crippen LogP contribution in [0.25, 0.3) is 0 Å². The lowest BCUT2D eigenvalue weighted by molar-refractivity contribution is -0.125. The highest BCUT2D eigenvalue weighted by Crippen LogP contribution is 2.34. The Labute approximate surface area is 107 Å². The van der Waals surface area contributed by atoms with Gasteiger partial charge in [0.05, 0.1) is 5.69 Å². The van der Waals surface area contributed by atoms with Crippen molar-refractivity contribution in [2.45, 2.75) is 32.8 Å². The van der Waals surface area contributed by atoms with Crippen LogP contribution in [0.3, 0.4) is 0 Å². The van der Waals surface area contributed by atoms with Gasteiger partial charge in [0.25, 0.3) is 5.91 Å². The van der Waals surface area contributed by atoms with Crippen LogP contribution in [0.2, 0.25) is 0 Å². The normalized spacial score (nSPS) is 18.3. The summed E-state index contributed by atoms with van der Waals surface area (Å²) in [5.41, 5.74) is 1.84. The van der Waals surface area contributed by atoms with Gasteiger partial charge in [0.1, 0.15) is 11.5 Å². The lowest BCUT2D eigenvalue weighted by atomic mass is 10.1. The highest BCUT2D eigenvalue weighted by atomic mass is 16.5. The first-order valence-electron chi connectivity index (χ1n) is 6.05. The molecule has 1 aromatic carbocycles. The van der Waals surface area contributed by atoms with Gasteiger partial charge in [-0.05, 0) is 38.0 Å². The predicted octanol–water partition coefficient (Wildman–Crippen LogP) is 1.95. The smallest absolute Gasteiger partial charge is 0.267 e. The second kappa shape index (κ2) is 4.80. The number of anilines is 1. The first-order valence-corrected chi connectivity index (χ1v) is 6.05. The SMILES string of the molecule is CC(=O)CCc1ccc2c(c1)OC(C)C(=O)N2C. The molecule has 18 heavy (non-hydrogen) atoms. The van der Waals surface area contributed by atoms with Gasteiger partial charge in [-0.3, -0.25) is 4.79 Å². The molecule has 2 rings (SSSR count). The molecule has 0 aromatic heterocycles. The maximum atomic E-state index is 11.7. The standard InChI is InChI=1S/C14H17NO3/c1-9(16)4-5-11-6-7-12-13(8-11)18-10(2)14(17)15(12)3/h6-8,10H,4-5H2,1-3H3. The van der Waals surface area contributed by atoms with Crippen LogP contribution in [0, 0.1) is 0 Å². The van der Waals surface area contributed by atoms with Crippen LogP contribution in [-0.2, 0) is 16.0 Å². The number of rotatable bonds is 3. The van der Waals surface area contributed by atoms with Crippen molar-refractivity contribution in [1.82, 2.24) is 0 Å². The van der Waals surface area contributed by atoms with E-state index < -0.39 is 6.10 Å². The first-order chi connectivity index (χ1) is 8.49.